The fourth-order valence-electron chi connectivity index (χ4n) is 3.03. The highest BCUT2D eigenvalue weighted by Gasteiger charge is 2.21. The molecule has 0 atom stereocenters. The Balaban J connectivity index is 1.32. The summed E-state index contributed by atoms with van der Waals surface area (Å²) in [6.45, 7) is 1.25. The van der Waals surface area contributed by atoms with Crippen LogP contribution in [-0.4, -0.2) is 29.3 Å². The molecule has 7 heteroatoms. The van der Waals surface area contributed by atoms with Crippen molar-refractivity contribution in [2.45, 2.75) is 12.8 Å². The molecule has 0 aliphatic carbocycles. The van der Waals surface area contributed by atoms with Crippen molar-refractivity contribution in [3.63, 3.8) is 0 Å². The first kappa shape index (κ1) is 18.9. The molecule has 1 aliphatic heterocycles. The van der Waals surface area contributed by atoms with E-state index in [-0.39, 0.29) is 11.8 Å². The van der Waals surface area contributed by atoms with Crippen LogP contribution in [0.5, 0.6) is 11.5 Å². The molecule has 2 N–H and O–H groups in total. The predicted octanol–water partition coefficient (Wildman–Crippen LogP) is 4.38. The predicted molar refractivity (Wildman–Crippen MR) is 110 cm³/mol. The summed E-state index contributed by atoms with van der Waals surface area (Å²) in [7, 11) is 0. The summed E-state index contributed by atoms with van der Waals surface area (Å²) in [6, 6.07) is 20.7. The lowest BCUT2D eigenvalue weighted by atomic mass is 9.99. The minimum absolute atomic E-state index is 0.0278. The molecule has 29 heavy (non-hydrogen) atoms. The van der Waals surface area contributed by atoms with Crippen LogP contribution in [0.2, 0.25) is 0 Å². The molecule has 2 heterocycles. The number of ether oxygens (including phenoxy) is 2. The molecule has 1 amide bonds. The van der Waals surface area contributed by atoms with Gasteiger partial charge in [-0.25, -0.2) is 0 Å². The molecule has 7 nitrogen and oxygen atoms in total. The van der Waals surface area contributed by atoms with E-state index in [1.54, 1.807) is 12.1 Å². The van der Waals surface area contributed by atoms with Crippen molar-refractivity contribution in [1.29, 1.82) is 0 Å². The van der Waals surface area contributed by atoms with Crippen LogP contribution in [0.15, 0.2) is 66.7 Å². The number of benzene rings is 2. The van der Waals surface area contributed by atoms with Crippen LogP contribution in [0.1, 0.15) is 12.8 Å². The minimum Gasteiger partial charge on any atom is -0.457 e. The fraction of sp³-hybridized carbons (Fsp3) is 0.227. The average molecular weight is 390 g/mol. The van der Waals surface area contributed by atoms with E-state index in [4.69, 9.17) is 9.47 Å². The van der Waals surface area contributed by atoms with Crippen molar-refractivity contribution in [2.75, 3.05) is 23.8 Å². The third-order valence-electron chi connectivity index (χ3n) is 4.61. The van der Waals surface area contributed by atoms with Gasteiger partial charge in [0.2, 0.25) is 5.91 Å². The topological polar surface area (TPSA) is 85.4 Å². The molecule has 1 aromatic heterocycles. The van der Waals surface area contributed by atoms with Gasteiger partial charge >= 0.3 is 0 Å². The van der Waals surface area contributed by atoms with E-state index in [2.05, 4.69) is 20.8 Å². The van der Waals surface area contributed by atoms with E-state index in [1.807, 2.05) is 54.6 Å². The highest BCUT2D eigenvalue weighted by atomic mass is 16.5. The van der Waals surface area contributed by atoms with E-state index in [0.717, 1.165) is 30.0 Å². The highest BCUT2D eigenvalue weighted by Crippen LogP contribution is 2.24. The summed E-state index contributed by atoms with van der Waals surface area (Å²) in [5.41, 5.74) is 0.860. The number of hydrogen-bond acceptors (Lipinski definition) is 6. The number of rotatable bonds is 6. The summed E-state index contributed by atoms with van der Waals surface area (Å²) in [5.74, 6) is 2.51. The quantitative estimate of drug-likeness (QED) is 0.650. The van der Waals surface area contributed by atoms with Gasteiger partial charge in [-0.3, -0.25) is 4.79 Å². The summed E-state index contributed by atoms with van der Waals surface area (Å²) in [6.07, 6.45) is 1.48. The Kier molecular flexibility index (Phi) is 5.97. The Bertz CT molecular complexity index is 925. The summed E-state index contributed by atoms with van der Waals surface area (Å²) in [5, 5.41) is 14.2. The lowest BCUT2D eigenvalue weighted by Crippen LogP contribution is -2.28. The van der Waals surface area contributed by atoms with Crippen LogP contribution in [0.4, 0.5) is 17.3 Å². The van der Waals surface area contributed by atoms with Gasteiger partial charge in [-0.05, 0) is 61.4 Å². The van der Waals surface area contributed by atoms with Crippen molar-refractivity contribution < 1.29 is 14.3 Å². The number of carbonyl (C=O) groups excluding carboxylic acids is 1. The minimum atomic E-state index is -0.0303. The molecule has 0 radical (unpaired) electrons. The molecular weight excluding hydrogens is 368 g/mol. The maximum Gasteiger partial charge on any atom is 0.228 e. The maximum absolute atomic E-state index is 12.2. The molecule has 2 aromatic carbocycles. The lowest BCUT2D eigenvalue weighted by Gasteiger charge is -2.20. The molecule has 1 fully saturated rings. The number of nitrogens with one attached hydrogen (secondary N) is 2. The zero-order valence-corrected chi connectivity index (χ0v) is 15.9. The summed E-state index contributed by atoms with van der Waals surface area (Å²) in [4.78, 5) is 12.2. The van der Waals surface area contributed by atoms with Crippen LogP contribution in [0.3, 0.4) is 0 Å². The molecule has 3 aromatic rings. The second-order valence-electron chi connectivity index (χ2n) is 6.74. The van der Waals surface area contributed by atoms with Crippen molar-refractivity contribution >= 4 is 23.2 Å². The highest BCUT2D eigenvalue weighted by molar-refractivity contribution is 5.91. The van der Waals surface area contributed by atoms with Crippen molar-refractivity contribution in [3.8, 4) is 11.5 Å². The molecule has 0 bridgehead atoms. The number of amides is 1. The number of carbonyl (C=O) groups is 1. The van der Waals surface area contributed by atoms with E-state index >= 15 is 0 Å². The van der Waals surface area contributed by atoms with Gasteiger partial charge in [0.25, 0.3) is 0 Å². The zero-order chi connectivity index (χ0) is 19.9. The van der Waals surface area contributed by atoms with E-state index in [0.29, 0.717) is 24.8 Å². The Morgan fingerprint density at radius 2 is 1.52 bits per heavy atom. The van der Waals surface area contributed by atoms with Crippen molar-refractivity contribution in [1.82, 2.24) is 10.2 Å². The average Bonchev–Trinajstić information content (AvgIpc) is 2.78. The SMILES string of the molecule is O=C(Nc1ccc(Nc2ccc(Oc3ccccc3)cc2)nn1)C1CCOCC1. The molecule has 1 saturated heterocycles. The third kappa shape index (κ3) is 5.30. The van der Waals surface area contributed by atoms with Crippen LogP contribution >= 0.6 is 0 Å². The van der Waals surface area contributed by atoms with E-state index in [1.165, 1.54) is 0 Å². The second-order valence-corrected chi connectivity index (χ2v) is 6.74. The van der Waals surface area contributed by atoms with E-state index in [9.17, 15) is 4.79 Å². The fourth-order valence-corrected chi connectivity index (χ4v) is 3.03. The monoisotopic (exact) mass is 390 g/mol. The van der Waals surface area contributed by atoms with Gasteiger partial charge in [0.1, 0.15) is 11.5 Å². The molecule has 0 saturated carbocycles. The Morgan fingerprint density at radius 3 is 2.21 bits per heavy atom. The van der Waals surface area contributed by atoms with Gasteiger partial charge in [0.15, 0.2) is 11.6 Å². The van der Waals surface area contributed by atoms with Gasteiger partial charge < -0.3 is 20.1 Å². The normalized spacial score (nSPS) is 14.2. The number of anilines is 3. The maximum atomic E-state index is 12.2. The van der Waals surface area contributed by atoms with Crippen LogP contribution < -0.4 is 15.4 Å². The van der Waals surface area contributed by atoms with Gasteiger partial charge in [0, 0.05) is 24.8 Å². The number of para-hydroxylation sites is 1. The Labute approximate surface area is 169 Å². The van der Waals surface area contributed by atoms with Gasteiger partial charge in [-0.15, -0.1) is 10.2 Å². The van der Waals surface area contributed by atoms with Crippen LogP contribution in [0, 0.1) is 5.92 Å². The standard InChI is InChI=1S/C22H22N4O3/c27-22(16-12-14-28-15-13-16)24-21-11-10-20(25-26-21)23-17-6-8-19(9-7-17)29-18-4-2-1-3-5-18/h1-11,16H,12-15H2,(H,23,25)(H,24,26,27). The summed E-state index contributed by atoms with van der Waals surface area (Å²) >= 11 is 0. The van der Waals surface area contributed by atoms with Crippen molar-refractivity contribution in [3.05, 3.63) is 66.7 Å². The van der Waals surface area contributed by atoms with Gasteiger partial charge in [-0.2, -0.15) is 0 Å². The van der Waals surface area contributed by atoms with Crippen LogP contribution in [0.25, 0.3) is 0 Å². The summed E-state index contributed by atoms with van der Waals surface area (Å²) < 4.78 is 11.1. The number of nitrogens with zero attached hydrogens (tertiary/aromatic N) is 2. The van der Waals surface area contributed by atoms with E-state index < -0.39 is 0 Å². The molecule has 0 spiro atoms. The first-order valence-corrected chi connectivity index (χ1v) is 9.58. The smallest absolute Gasteiger partial charge is 0.228 e. The zero-order valence-electron chi connectivity index (χ0n) is 15.9. The number of aromatic nitrogens is 2. The molecule has 1 aliphatic rings. The molecule has 148 valence electrons. The second kappa shape index (κ2) is 9.16. The molecule has 4 rings (SSSR count). The largest absolute Gasteiger partial charge is 0.457 e. The Hall–Kier alpha value is -3.45. The first-order valence-electron chi connectivity index (χ1n) is 9.58. The lowest BCUT2D eigenvalue weighted by molar-refractivity contribution is -0.122. The van der Waals surface area contributed by atoms with Crippen LogP contribution in [-0.2, 0) is 9.53 Å². The van der Waals surface area contributed by atoms with Gasteiger partial charge in [0.05, 0.1) is 0 Å². The molecular formula is C22H22N4O3. The molecule has 0 unspecified atom stereocenters. The number of hydrogen-bond donors (Lipinski definition) is 2. The Morgan fingerprint density at radius 1 is 0.862 bits per heavy atom. The first-order chi connectivity index (χ1) is 14.3. The third-order valence-corrected chi connectivity index (χ3v) is 4.61. The van der Waals surface area contributed by atoms with Crippen molar-refractivity contribution in [2.24, 2.45) is 5.92 Å². The van der Waals surface area contributed by atoms with Gasteiger partial charge in [-0.1, -0.05) is 18.2 Å².